The first-order valence-corrected chi connectivity index (χ1v) is 7.80. The van der Waals surface area contributed by atoms with Crippen LogP contribution in [0.5, 0.6) is 0 Å². The van der Waals surface area contributed by atoms with Crippen molar-refractivity contribution in [2.45, 2.75) is 45.6 Å². The smallest absolute Gasteiger partial charge is 0.0326 e. The average Bonchev–Trinajstić information content (AvgIpc) is 3.22. The number of nitrogens with one attached hydrogen (secondary N) is 1. The van der Waals surface area contributed by atoms with E-state index in [4.69, 9.17) is 0 Å². The van der Waals surface area contributed by atoms with Gasteiger partial charge in [-0.1, -0.05) is 30.4 Å². The highest BCUT2D eigenvalue weighted by Gasteiger charge is 2.26. The number of rotatable bonds is 4. The zero-order valence-electron chi connectivity index (χ0n) is 12.9. The van der Waals surface area contributed by atoms with Crippen LogP contribution in [0.2, 0.25) is 0 Å². The fourth-order valence-electron chi connectivity index (χ4n) is 3.62. The standard InChI is InChI=1S/C19H25N/c1-5-14-11-16-8-9-18(20-4)19(16)13(3)17(14)10-12(2)15-6-7-15/h5,10-11,15,18,20H,1,6-9H2,2-4H3/b12-10+. The van der Waals surface area contributed by atoms with E-state index in [1.54, 1.807) is 0 Å². The minimum Gasteiger partial charge on any atom is -0.313 e. The molecule has 106 valence electrons. The molecule has 0 aliphatic heterocycles. The van der Waals surface area contributed by atoms with Crippen molar-refractivity contribution < 1.29 is 0 Å². The van der Waals surface area contributed by atoms with Gasteiger partial charge >= 0.3 is 0 Å². The number of hydrogen-bond acceptors (Lipinski definition) is 1. The first kappa shape index (κ1) is 13.6. The maximum absolute atomic E-state index is 4.02. The van der Waals surface area contributed by atoms with Crippen LogP contribution in [0, 0.1) is 12.8 Å². The van der Waals surface area contributed by atoms with Gasteiger partial charge in [-0.05, 0) is 80.3 Å². The van der Waals surface area contributed by atoms with Crippen LogP contribution in [-0.2, 0) is 6.42 Å². The predicted molar refractivity (Wildman–Crippen MR) is 87.8 cm³/mol. The zero-order chi connectivity index (χ0) is 14.3. The van der Waals surface area contributed by atoms with E-state index in [9.17, 15) is 0 Å². The van der Waals surface area contributed by atoms with Crippen LogP contribution in [0.15, 0.2) is 18.2 Å². The number of benzene rings is 1. The molecule has 1 aromatic carbocycles. The molecule has 1 unspecified atom stereocenters. The van der Waals surface area contributed by atoms with Gasteiger partial charge in [0, 0.05) is 6.04 Å². The molecule has 0 bridgehead atoms. The van der Waals surface area contributed by atoms with Gasteiger partial charge in [-0.3, -0.25) is 0 Å². The molecule has 1 atom stereocenters. The highest BCUT2D eigenvalue weighted by Crippen LogP contribution is 2.40. The van der Waals surface area contributed by atoms with Crippen LogP contribution >= 0.6 is 0 Å². The van der Waals surface area contributed by atoms with E-state index in [0.29, 0.717) is 6.04 Å². The van der Waals surface area contributed by atoms with Crippen LogP contribution in [0.3, 0.4) is 0 Å². The lowest BCUT2D eigenvalue weighted by Crippen LogP contribution is -2.14. The van der Waals surface area contributed by atoms with Gasteiger partial charge < -0.3 is 5.32 Å². The Kier molecular flexibility index (Phi) is 3.55. The van der Waals surface area contributed by atoms with Gasteiger partial charge in [0.25, 0.3) is 0 Å². The van der Waals surface area contributed by atoms with Crippen LogP contribution in [0.1, 0.15) is 60.0 Å². The second kappa shape index (κ2) is 5.21. The summed E-state index contributed by atoms with van der Waals surface area (Å²) in [7, 11) is 2.07. The third kappa shape index (κ3) is 2.25. The van der Waals surface area contributed by atoms with Crippen LogP contribution in [-0.4, -0.2) is 7.05 Å². The summed E-state index contributed by atoms with van der Waals surface area (Å²) in [6, 6.07) is 2.89. The molecular formula is C19H25N. The summed E-state index contributed by atoms with van der Waals surface area (Å²) in [5.74, 6) is 0.834. The molecule has 0 saturated heterocycles. The molecule has 0 amide bonds. The van der Waals surface area contributed by atoms with Crippen LogP contribution in [0.4, 0.5) is 0 Å². The van der Waals surface area contributed by atoms with Gasteiger partial charge in [0.15, 0.2) is 0 Å². The Bertz CT molecular complexity index is 576. The van der Waals surface area contributed by atoms with E-state index in [1.807, 2.05) is 6.08 Å². The summed E-state index contributed by atoms with van der Waals surface area (Å²) < 4.78 is 0. The predicted octanol–water partition coefficient (Wildman–Crippen LogP) is 4.66. The van der Waals surface area contributed by atoms with E-state index in [2.05, 4.69) is 44.9 Å². The summed E-state index contributed by atoms with van der Waals surface area (Å²) in [6.07, 6.45) is 9.58. The normalized spacial score (nSPS) is 21.9. The molecule has 1 aromatic rings. The molecule has 2 aliphatic carbocycles. The molecule has 1 heteroatoms. The minimum atomic E-state index is 0.525. The third-order valence-corrected chi connectivity index (χ3v) is 5.01. The first-order valence-electron chi connectivity index (χ1n) is 7.80. The Morgan fingerprint density at radius 2 is 2.10 bits per heavy atom. The van der Waals surface area contributed by atoms with E-state index in [1.165, 1.54) is 59.1 Å². The molecule has 1 N–H and O–H groups in total. The van der Waals surface area contributed by atoms with Crippen molar-refractivity contribution in [3.05, 3.63) is 46.0 Å². The first-order chi connectivity index (χ1) is 9.65. The van der Waals surface area contributed by atoms with Gasteiger partial charge in [-0.25, -0.2) is 0 Å². The Labute approximate surface area is 122 Å². The minimum absolute atomic E-state index is 0.525. The van der Waals surface area contributed by atoms with Crippen molar-refractivity contribution in [1.29, 1.82) is 0 Å². The summed E-state index contributed by atoms with van der Waals surface area (Å²) in [5.41, 5.74) is 8.73. The largest absolute Gasteiger partial charge is 0.313 e. The van der Waals surface area contributed by atoms with E-state index in [0.717, 1.165) is 5.92 Å². The lowest BCUT2D eigenvalue weighted by Gasteiger charge is -2.18. The quantitative estimate of drug-likeness (QED) is 0.836. The van der Waals surface area contributed by atoms with Crippen molar-refractivity contribution in [2.24, 2.45) is 5.92 Å². The van der Waals surface area contributed by atoms with Gasteiger partial charge in [-0.2, -0.15) is 0 Å². The molecule has 0 radical (unpaired) electrons. The fraction of sp³-hybridized carbons (Fsp3) is 0.474. The van der Waals surface area contributed by atoms with Gasteiger partial charge in [0.05, 0.1) is 0 Å². The fourth-order valence-corrected chi connectivity index (χ4v) is 3.62. The van der Waals surface area contributed by atoms with E-state index >= 15 is 0 Å². The summed E-state index contributed by atoms with van der Waals surface area (Å²) in [4.78, 5) is 0. The average molecular weight is 267 g/mol. The van der Waals surface area contributed by atoms with Crippen molar-refractivity contribution >= 4 is 12.2 Å². The van der Waals surface area contributed by atoms with E-state index in [-0.39, 0.29) is 0 Å². The Morgan fingerprint density at radius 3 is 2.70 bits per heavy atom. The SMILES string of the molecule is C=Cc1cc2c(c(C)c1/C=C(\C)C1CC1)C(NC)CC2. The van der Waals surface area contributed by atoms with Crippen LogP contribution in [0.25, 0.3) is 12.2 Å². The summed E-state index contributed by atoms with van der Waals surface area (Å²) in [6.45, 7) is 8.59. The molecule has 0 heterocycles. The van der Waals surface area contributed by atoms with E-state index < -0.39 is 0 Å². The van der Waals surface area contributed by atoms with Crippen LogP contribution < -0.4 is 5.32 Å². The molecule has 1 fully saturated rings. The molecule has 3 rings (SSSR count). The maximum atomic E-state index is 4.02. The number of aryl methyl sites for hydroxylation is 1. The van der Waals surface area contributed by atoms with Gasteiger partial charge in [0.2, 0.25) is 0 Å². The molecule has 2 aliphatic rings. The highest BCUT2D eigenvalue weighted by atomic mass is 14.9. The maximum Gasteiger partial charge on any atom is 0.0326 e. The van der Waals surface area contributed by atoms with Gasteiger partial charge in [0.1, 0.15) is 0 Å². The number of allylic oxidation sites excluding steroid dienone is 1. The summed E-state index contributed by atoms with van der Waals surface area (Å²) in [5, 5.41) is 3.47. The molecule has 1 nitrogen and oxygen atoms in total. The third-order valence-electron chi connectivity index (χ3n) is 5.01. The van der Waals surface area contributed by atoms with Crippen molar-refractivity contribution in [2.75, 3.05) is 7.05 Å². The monoisotopic (exact) mass is 267 g/mol. The second-order valence-corrected chi connectivity index (χ2v) is 6.32. The molecule has 0 aromatic heterocycles. The topological polar surface area (TPSA) is 12.0 Å². The van der Waals surface area contributed by atoms with Gasteiger partial charge in [-0.15, -0.1) is 0 Å². The molecular weight excluding hydrogens is 242 g/mol. The lowest BCUT2D eigenvalue weighted by atomic mass is 9.91. The Balaban J connectivity index is 2.12. The zero-order valence-corrected chi connectivity index (χ0v) is 12.9. The lowest BCUT2D eigenvalue weighted by molar-refractivity contribution is 0.588. The second-order valence-electron chi connectivity index (χ2n) is 6.32. The highest BCUT2D eigenvalue weighted by molar-refractivity contribution is 5.72. The molecule has 0 spiro atoms. The molecule has 1 saturated carbocycles. The van der Waals surface area contributed by atoms with Crippen molar-refractivity contribution in [3.8, 4) is 0 Å². The Hall–Kier alpha value is -1.34. The number of fused-ring (bicyclic) bond motifs is 1. The molecule has 20 heavy (non-hydrogen) atoms. The summed E-state index contributed by atoms with van der Waals surface area (Å²) >= 11 is 0. The number of hydrogen-bond donors (Lipinski definition) is 1. The Morgan fingerprint density at radius 1 is 1.35 bits per heavy atom. The van der Waals surface area contributed by atoms with Crippen molar-refractivity contribution in [1.82, 2.24) is 5.32 Å². The van der Waals surface area contributed by atoms with Crippen molar-refractivity contribution in [3.63, 3.8) is 0 Å².